The zero-order chi connectivity index (χ0) is 20.5. The van der Waals surface area contributed by atoms with E-state index in [2.05, 4.69) is 4.90 Å². The number of benzene rings is 1. The van der Waals surface area contributed by atoms with E-state index in [0.29, 0.717) is 16.7 Å². The standard InChI is InChI=1S/C23H35ClN2O3/c1-25(23(27)29-22-12-8-20(24)9-13-22)21-10-6-19(7-11-21)18-28-17-5-16-26-14-3-2-4-15-26/h8-9,12-13,19,21H,2-7,10-11,14-18H2,1H3. The lowest BCUT2D eigenvalue weighted by Crippen LogP contribution is -2.41. The molecule has 1 saturated heterocycles. The van der Waals surface area contributed by atoms with E-state index < -0.39 is 0 Å². The summed E-state index contributed by atoms with van der Waals surface area (Å²) in [5.74, 6) is 1.14. The summed E-state index contributed by atoms with van der Waals surface area (Å²) >= 11 is 5.87. The predicted molar refractivity (Wildman–Crippen MR) is 117 cm³/mol. The first-order chi connectivity index (χ1) is 14.1. The Bertz CT molecular complexity index is 611. The number of hydrogen-bond donors (Lipinski definition) is 0. The molecule has 1 heterocycles. The van der Waals surface area contributed by atoms with Crippen LogP contribution in [0.25, 0.3) is 0 Å². The molecule has 2 aliphatic rings. The van der Waals surface area contributed by atoms with Crippen molar-refractivity contribution in [1.82, 2.24) is 9.80 Å². The van der Waals surface area contributed by atoms with Gasteiger partial charge in [-0.25, -0.2) is 4.79 Å². The van der Waals surface area contributed by atoms with Gasteiger partial charge in [-0.3, -0.25) is 0 Å². The summed E-state index contributed by atoms with van der Waals surface area (Å²) in [4.78, 5) is 16.7. The Labute approximate surface area is 180 Å². The summed E-state index contributed by atoms with van der Waals surface area (Å²) in [6.45, 7) is 5.42. The van der Waals surface area contributed by atoms with E-state index in [0.717, 1.165) is 45.3 Å². The highest BCUT2D eigenvalue weighted by molar-refractivity contribution is 6.30. The molecule has 0 atom stereocenters. The Kier molecular flexibility index (Phi) is 9.09. The lowest BCUT2D eigenvalue weighted by atomic mass is 9.86. The minimum absolute atomic E-state index is 0.241. The molecular weight excluding hydrogens is 388 g/mol. The Morgan fingerprint density at radius 2 is 1.79 bits per heavy atom. The summed E-state index contributed by atoms with van der Waals surface area (Å²) in [6, 6.07) is 7.12. The predicted octanol–water partition coefficient (Wildman–Crippen LogP) is 5.22. The van der Waals surface area contributed by atoms with E-state index in [4.69, 9.17) is 21.1 Å². The van der Waals surface area contributed by atoms with Crippen molar-refractivity contribution in [2.75, 3.05) is 39.9 Å². The summed E-state index contributed by atoms with van der Waals surface area (Å²) < 4.78 is 11.4. The Hall–Kier alpha value is -1.30. The molecule has 1 aromatic rings. The quantitative estimate of drug-likeness (QED) is 0.538. The highest BCUT2D eigenvalue weighted by atomic mass is 35.5. The first kappa shape index (κ1) is 22.4. The number of rotatable bonds is 8. The van der Waals surface area contributed by atoms with E-state index in [1.165, 1.54) is 38.9 Å². The largest absolute Gasteiger partial charge is 0.415 e. The molecule has 0 aromatic heterocycles. The number of likely N-dealkylation sites (tertiary alicyclic amines) is 1. The summed E-state index contributed by atoms with van der Waals surface area (Å²) in [6.07, 6.45) is 9.16. The average molecular weight is 423 g/mol. The van der Waals surface area contributed by atoms with Gasteiger partial charge >= 0.3 is 6.09 Å². The van der Waals surface area contributed by atoms with Gasteiger partial charge in [0.15, 0.2) is 0 Å². The Morgan fingerprint density at radius 1 is 1.10 bits per heavy atom. The monoisotopic (exact) mass is 422 g/mol. The molecule has 1 aromatic carbocycles. The normalized spacial score (nSPS) is 23.0. The fourth-order valence-corrected chi connectivity index (χ4v) is 4.47. The molecule has 1 saturated carbocycles. The molecule has 0 unspecified atom stereocenters. The average Bonchev–Trinajstić information content (AvgIpc) is 2.76. The fourth-order valence-electron chi connectivity index (χ4n) is 4.35. The van der Waals surface area contributed by atoms with Crippen LogP contribution in [0, 0.1) is 5.92 Å². The molecular formula is C23H35ClN2O3. The molecule has 162 valence electrons. The third-order valence-electron chi connectivity index (χ3n) is 6.24. The van der Waals surface area contributed by atoms with Crippen LogP contribution in [0.1, 0.15) is 51.4 Å². The Balaban J connectivity index is 1.28. The molecule has 6 heteroatoms. The maximum absolute atomic E-state index is 12.4. The third-order valence-corrected chi connectivity index (χ3v) is 6.49. The van der Waals surface area contributed by atoms with Crippen LogP contribution < -0.4 is 4.74 Å². The number of carbonyl (C=O) groups excluding carboxylic acids is 1. The van der Waals surface area contributed by atoms with Crippen molar-refractivity contribution < 1.29 is 14.3 Å². The van der Waals surface area contributed by atoms with Crippen LogP contribution in [0.3, 0.4) is 0 Å². The first-order valence-corrected chi connectivity index (χ1v) is 11.5. The van der Waals surface area contributed by atoms with Crippen molar-refractivity contribution in [2.45, 2.75) is 57.4 Å². The van der Waals surface area contributed by atoms with Crippen molar-refractivity contribution in [3.05, 3.63) is 29.3 Å². The maximum atomic E-state index is 12.4. The van der Waals surface area contributed by atoms with E-state index in [1.54, 1.807) is 29.2 Å². The van der Waals surface area contributed by atoms with Crippen LogP contribution in [0.2, 0.25) is 5.02 Å². The number of hydrogen-bond acceptors (Lipinski definition) is 4. The number of halogens is 1. The lowest BCUT2D eigenvalue weighted by Gasteiger charge is -2.34. The second-order valence-electron chi connectivity index (χ2n) is 8.44. The second kappa shape index (κ2) is 11.8. The van der Waals surface area contributed by atoms with Crippen molar-refractivity contribution >= 4 is 17.7 Å². The third kappa shape index (κ3) is 7.47. The number of carbonyl (C=O) groups is 1. The second-order valence-corrected chi connectivity index (χ2v) is 8.87. The number of nitrogens with zero attached hydrogens (tertiary/aromatic N) is 2. The molecule has 0 radical (unpaired) electrons. The van der Waals surface area contributed by atoms with Crippen molar-refractivity contribution in [3.63, 3.8) is 0 Å². The van der Waals surface area contributed by atoms with E-state index in [-0.39, 0.29) is 12.1 Å². The van der Waals surface area contributed by atoms with Gasteiger partial charge in [-0.1, -0.05) is 18.0 Å². The molecule has 2 fully saturated rings. The molecule has 1 aliphatic carbocycles. The summed E-state index contributed by atoms with van der Waals surface area (Å²) in [5, 5.41) is 0.630. The molecule has 5 nitrogen and oxygen atoms in total. The number of amides is 1. The molecule has 3 rings (SSSR count). The number of piperidine rings is 1. The van der Waals surface area contributed by atoms with Crippen molar-refractivity contribution in [1.29, 1.82) is 0 Å². The van der Waals surface area contributed by atoms with E-state index in [9.17, 15) is 4.79 Å². The van der Waals surface area contributed by atoms with Crippen LogP contribution in [0.4, 0.5) is 4.79 Å². The topological polar surface area (TPSA) is 42.0 Å². The molecule has 1 amide bonds. The molecule has 29 heavy (non-hydrogen) atoms. The molecule has 1 aliphatic heterocycles. The van der Waals surface area contributed by atoms with Crippen LogP contribution in [-0.4, -0.2) is 61.8 Å². The van der Waals surface area contributed by atoms with Crippen LogP contribution >= 0.6 is 11.6 Å². The summed E-state index contributed by atoms with van der Waals surface area (Å²) in [7, 11) is 1.83. The van der Waals surface area contributed by atoms with Gasteiger partial charge in [0.05, 0.1) is 0 Å². The maximum Gasteiger partial charge on any atom is 0.415 e. The van der Waals surface area contributed by atoms with Gasteiger partial charge in [-0.15, -0.1) is 0 Å². The van der Waals surface area contributed by atoms with Crippen LogP contribution in [0.15, 0.2) is 24.3 Å². The smallest absolute Gasteiger partial charge is 0.410 e. The minimum atomic E-state index is -0.301. The van der Waals surface area contributed by atoms with Crippen molar-refractivity contribution in [2.24, 2.45) is 5.92 Å². The fraction of sp³-hybridized carbons (Fsp3) is 0.696. The molecule has 0 N–H and O–H groups in total. The summed E-state index contributed by atoms with van der Waals surface area (Å²) in [5.41, 5.74) is 0. The van der Waals surface area contributed by atoms with Crippen LogP contribution in [0.5, 0.6) is 5.75 Å². The minimum Gasteiger partial charge on any atom is -0.410 e. The van der Waals surface area contributed by atoms with Crippen LogP contribution in [-0.2, 0) is 4.74 Å². The van der Waals surface area contributed by atoms with Gasteiger partial charge in [0.2, 0.25) is 0 Å². The van der Waals surface area contributed by atoms with Gasteiger partial charge < -0.3 is 19.3 Å². The zero-order valence-corrected chi connectivity index (χ0v) is 18.4. The first-order valence-electron chi connectivity index (χ1n) is 11.1. The molecule has 0 bridgehead atoms. The lowest BCUT2D eigenvalue weighted by molar-refractivity contribution is 0.0622. The van der Waals surface area contributed by atoms with Gasteiger partial charge in [-0.05, 0) is 88.2 Å². The van der Waals surface area contributed by atoms with Gasteiger partial charge in [-0.2, -0.15) is 0 Å². The Morgan fingerprint density at radius 3 is 2.48 bits per heavy atom. The highest BCUT2D eigenvalue weighted by Crippen LogP contribution is 2.28. The molecule has 0 spiro atoms. The van der Waals surface area contributed by atoms with Crippen molar-refractivity contribution in [3.8, 4) is 5.75 Å². The van der Waals surface area contributed by atoms with Gasteiger partial charge in [0, 0.05) is 37.9 Å². The zero-order valence-electron chi connectivity index (χ0n) is 17.7. The van der Waals surface area contributed by atoms with Gasteiger partial charge in [0.1, 0.15) is 5.75 Å². The van der Waals surface area contributed by atoms with Gasteiger partial charge in [0.25, 0.3) is 0 Å². The SMILES string of the molecule is CN(C(=O)Oc1ccc(Cl)cc1)C1CCC(COCCCN2CCCCC2)CC1. The van der Waals surface area contributed by atoms with E-state index in [1.807, 2.05) is 7.05 Å². The number of ether oxygens (including phenoxy) is 2. The van der Waals surface area contributed by atoms with E-state index >= 15 is 0 Å². The highest BCUT2D eigenvalue weighted by Gasteiger charge is 2.27.